The molecule has 0 bridgehead atoms. The third-order valence-corrected chi connectivity index (χ3v) is 4.70. The summed E-state index contributed by atoms with van der Waals surface area (Å²) in [6, 6.07) is 0. The number of esters is 1. The molecule has 0 saturated carbocycles. The Hall–Kier alpha value is 0.300. The second kappa shape index (κ2) is 2.74. The molecule has 2 nitrogen and oxygen atoms in total. The zero-order valence-corrected chi connectivity index (χ0v) is 8.50. The van der Waals surface area contributed by atoms with Crippen LogP contribution in [0.3, 0.4) is 0 Å². The Balaban J connectivity index is 2.64. The Bertz CT molecular complexity index is 152. The van der Waals surface area contributed by atoms with E-state index in [-0.39, 0.29) is 11.2 Å². The summed E-state index contributed by atoms with van der Waals surface area (Å²) in [7, 11) is -0.914. The largest absolute Gasteiger partial charge is 0.465 e. The van der Waals surface area contributed by atoms with E-state index in [0.717, 1.165) is 6.42 Å². The van der Waals surface area contributed by atoms with Crippen LogP contribution in [0.2, 0.25) is 0 Å². The zero-order valence-electron chi connectivity index (χ0n) is 6.09. The van der Waals surface area contributed by atoms with Gasteiger partial charge >= 0.3 is 5.97 Å². The van der Waals surface area contributed by atoms with E-state index in [1.807, 2.05) is 0 Å². The number of carbonyl (C=O) groups excluding carboxylic acids is 1. The van der Waals surface area contributed by atoms with Crippen LogP contribution in [0.25, 0.3) is 0 Å². The summed E-state index contributed by atoms with van der Waals surface area (Å²) in [6.45, 7) is 0.603. The molecule has 0 aromatic carbocycles. The number of halogens is 1. The molecule has 0 radical (unpaired) electrons. The molecule has 4 heteroatoms. The quantitative estimate of drug-likeness (QED) is 0.637. The van der Waals surface area contributed by atoms with Gasteiger partial charge in [-0.25, -0.2) is 0 Å². The summed E-state index contributed by atoms with van der Waals surface area (Å²) in [5, 5.41) is 0.118. The first-order valence-corrected chi connectivity index (χ1v) is 7.46. The highest BCUT2D eigenvalue weighted by Crippen LogP contribution is 2.55. The van der Waals surface area contributed by atoms with Crippen molar-refractivity contribution in [3.05, 3.63) is 0 Å². The molecule has 1 atom stereocenters. The molecule has 1 fully saturated rings. The van der Waals surface area contributed by atoms with Gasteiger partial charge in [-0.2, -0.15) is 8.46 Å². The molecule has 1 aliphatic heterocycles. The van der Waals surface area contributed by atoms with Crippen molar-refractivity contribution >= 4 is 29.2 Å². The minimum absolute atomic E-state index is 0.0307. The first-order valence-electron chi connectivity index (χ1n) is 3.10. The molecule has 60 valence electrons. The van der Waals surface area contributed by atoms with E-state index >= 15 is 0 Å². The van der Waals surface area contributed by atoms with Crippen LogP contribution in [-0.2, 0) is 9.53 Å². The molecule has 10 heavy (non-hydrogen) atoms. The van der Waals surface area contributed by atoms with Crippen molar-refractivity contribution in [3.8, 4) is 0 Å². The second-order valence-corrected chi connectivity index (χ2v) is 10.9. The summed E-state index contributed by atoms with van der Waals surface area (Å²) < 4.78 is 4.84. The topological polar surface area (TPSA) is 26.3 Å². The minimum atomic E-state index is -0.914. The van der Waals surface area contributed by atoms with Gasteiger partial charge in [0.25, 0.3) is 0 Å². The van der Waals surface area contributed by atoms with Crippen molar-refractivity contribution in [2.45, 2.75) is 11.7 Å². The van der Waals surface area contributed by atoms with Gasteiger partial charge in [-0.3, -0.25) is 4.79 Å². The lowest BCUT2D eigenvalue weighted by atomic mass is 10.4. The van der Waals surface area contributed by atoms with Gasteiger partial charge in [0.05, 0.1) is 11.9 Å². The van der Waals surface area contributed by atoms with Gasteiger partial charge in [0.1, 0.15) is 0 Å². The molecule has 1 aliphatic rings. The third-order valence-electron chi connectivity index (χ3n) is 1.56. The lowest BCUT2D eigenvalue weighted by Gasteiger charge is -2.26. The maximum atomic E-state index is 11.0. The van der Waals surface area contributed by atoms with E-state index in [4.69, 9.17) is 4.74 Å². The number of hydrogen-bond acceptors (Lipinski definition) is 2. The molecule has 1 rings (SSSR count). The van der Waals surface area contributed by atoms with Gasteiger partial charge < -0.3 is 4.74 Å². The van der Waals surface area contributed by atoms with Gasteiger partial charge in [-0.05, 0) is 27.3 Å². The van der Waals surface area contributed by atoms with E-state index in [1.54, 1.807) is 0 Å². The lowest BCUT2D eigenvalue weighted by Crippen LogP contribution is -2.17. The highest BCUT2D eigenvalue weighted by atomic mass is 79.9. The number of cyclic esters (lactones) is 1. The maximum absolute atomic E-state index is 11.0. The van der Waals surface area contributed by atoms with Crippen molar-refractivity contribution < 1.29 is 9.53 Å². The van der Waals surface area contributed by atoms with Gasteiger partial charge in [0.2, 0.25) is 0 Å². The Kier molecular flexibility index (Phi) is 2.30. The Morgan fingerprint density at radius 3 is 2.50 bits per heavy atom. The van der Waals surface area contributed by atoms with Crippen LogP contribution in [0.15, 0.2) is 0 Å². The van der Waals surface area contributed by atoms with Crippen molar-refractivity contribution in [2.75, 3.05) is 19.1 Å². The molecule has 1 heterocycles. The zero-order chi connectivity index (χ0) is 7.78. The molecule has 0 amide bonds. The fraction of sp³-hybridized carbons (Fsp3) is 0.833. The van der Waals surface area contributed by atoms with Crippen LogP contribution in [0.1, 0.15) is 6.42 Å². The van der Waals surface area contributed by atoms with E-state index in [0.29, 0.717) is 6.61 Å². The van der Waals surface area contributed by atoms with Crippen LogP contribution in [0, 0.1) is 0 Å². The summed E-state index contributed by atoms with van der Waals surface area (Å²) in [6.07, 6.45) is 5.03. The Morgan fingerprint density at radius 2 is 2.30 bits per heavy atom. The highest BCUT2D eigenvalue weighted by molar-refractivity contribution is 9.58. The molecule has 1 unspecified atom stereocenters. The average molecular weight is 227 g/mol. The monoisotopic (exact) mass is 226 g/mol. The van der Waals surface area contributed by atoms with E-state index in [9.17, 15) is 4.79 Å². The number of carbonyl (C=O) groups is 1. The van der Waals surface area contributed by atoms with Gasteiger partial charge in [0, 0.05) is 6.42 Å². The normalized spacial score (nSPS) is 28.3. The molecule has 0 spiro atoms. The summed E-state index contributed by atoms with van der Waals surface area (Å²) >= 11 is 3.53. The smallest absolute Gasteiger partial charge is 0.318 e. The summed E-state index contributed by atoms with van der Waals surface area (Å²) in [4.78, 5) is 11.0. The molecule has 1 saturated heterocycles. The van der Waals surface area contributed by atoms with E-state index in [1.165, 1.54) is 0 Å². The fourth-order valence-corrected chi connectivity index (χ4v) is 3.19. The van der Waals surface area contributed by atoms with Gasteiger partial charge in [-0.1, -0.05) is 0 Å². The van der Waals surface area contributed by atoms with Crippen LogP contribution >= 0.6 is 23.3 Å². The van der Waals surface area contributed by atoms with Crippen LogP contribution in [0.5, 0.6) is 0 Å². The first-order chi connectivity index (χ1) is 4.52. The predicted octanol–water partition coefficient (Wildman–Crippen LogP) is 1.68. The number of hydrogen-bond donors (Lipinski definition) is 0. The predicted molar refractivity (Wildman–Crippen MR) is 47.7 cm³/mol. The van der Waals surface area contributed by atoms with Gasteiger partial charge in [-0.15, -0.1) is 0 Å². The summed E-state index contributed by atoms with van der Waals surface area (Å²) in [5.74, 6) is -0.0307. The van der Waals surface area contributed by atoms with Crippen molar-refractivity contribution in [1.82, 2.24) is 0 Å². The molecule has 0 aromatic rings. The minimum Gasteiger partial charge on any atom is -0.465 e. The van der Waals surface area contributed by atoms with Gasteiger partial charge in [0.15, 0.2) is 0 Å². The van der Waals surface area contributed by atoms with Crippen LogP contribution < -0.4 is 0 Å². The van der Waals surface area contributed by atoms with E-state index < -0.39 is 8.46 Å². The van der Waals surface area contributed by atoms with Crippen molar-refractivity contribution in [3.63, 3.8) is 0 Å². The standard InChI is InChI=1S/C6H11BrO2S/c1-10(2,7)5-3-4-9-6(5)8/h5H,3-4H2,1-2H3. The average Bonchev–Trinajstić information content (AvgIpc) is 2.11. The molecule has 0 aliphatic carbocycles. The third kappa shape index (κ3) is 1.66. The number of ether oxygens (including phenoxy) is 1. The van der Waals surface area contributed by atoms with Crippen LogP contribution in [0.4, 0.5) is 0 Å². The Labute approximate surface area is 69.8 Å². The van der Waals surface area contributed by atoms with Crippen molar-refractivity contribution in [2.24, 2.45) is 0 Å². The maximum Gasteiger partial charge on any atom is 0.318 e. The summed E-state index contributed by atoms with van der Waals surface area (Å²) in [5.41, 5.74) is 0. The fourth-order valence-electron chi connectivity index (χ4n) is 0.986. The number of rotatable bonds is 1. The lowest BCUT2D eigenvalue weighted by molar-refractivity contribution is -0.137. The molecular weight excluding hydrogens is 216 g/mol. The van der Waals surface area contributed by atoms with Crippen molar-refractivity contribution in [1.29, 1.82) is 0 Å². The molecule has 0 aromatic heterocycles. The van der Waals surface area contributed by atoms with Crippen LogP contribution in [-0.4, -0.2) is 30.3 Å². The van der Waals surface area contributed by atoms with E-state index in [2.05, 4.69) is 27.3 Å². The molecule has 0 N–H and O–H groups in total. The first kappa shape index (κ1) is 8.40. The highest BCUT2D eigenvalue weighted by Gasteiger charge is 2.34. The SMILES string of the molecule is CS(C)(Br)C1CCOC1=O. The molecular formula is C6H11BrO2S. The second-order valence-electron chi connectivity index (χ2n) is 2.72. The Morgan fingerprint density at radius 1 is 1.70 bits per heavy atom.